The molecule has 0 heterocycles. The molecule has 0 aliphatic heterocycles. The van der Waals surface area contributed by atoms with E-state index in [9.17, 15) is 9.59 Å². The maximum absolute atomic E-state index is 12.5. The van der Waals surface area contributed by atoms with Gasteiger partial charge in [-0.05, 0) is 55.8 Å². The molecule has 0 radical (unpaired) electrons. The van der Waals surface area contributed by atoms with Crippen molar-refractivity contribution >= 4 is 40.8 Å². The summed E-state index contributed by atoms with van der Waals surface area (Å²) in [5, 5.41) is 3.57. The summed E-state index contributed by atoms with van der Waals surface area (Å²) >= 11 is 11.9. The summed E-state index contributed by atoms with van der Waals surface area (Å²) in [6.45, 7) is 3.78. The normalized spacial score (nSPS) is 11.5. The molecule has 0 bridgehead atoms. The average molecular weight is 396 g/mol. The van der Waals surface area contributed by atoms with E-state index in [1.54, 1.807) is 37.3 Å². The molecule has 1 amide bonds. The standard InChI is InChI=1S/C19H19Cl2NO4/c1-3-17(26-14-8-5-12(20)6-9-14)18(23)22-13-7-10-16(21)15(11-13)19(24)25-4-2/h5-11,17H,3-4H2,1-2H3,(H,22,23)/t17-/m0/s1. The van der Waals surface area contributed by atoms with E-state index in [4.69, 9.17) is 32.7 Å². The molecule has 5 nitrogen and oxygen atoms in total. The maximum Gasteiger partial charge on any atom is 0.339 e. The number of amides is 1. The molecule has 0 aliphatic rings. The maximum atomic E-state index is 12.5. The van der Waals surface area contributed by atoms with Crippen molar-refractivity contribution in [2.75, 3.05) is 11.9 Å². The third-order valence-electron chi connectivity index (χ3n) is 3.48. The summed E-state index contributed by atoms with van der Waals surface area (Å²) in [5.41, 5.74) is 0.624. The number of esters is 1. The Morgan fingerprint density at radius 1 is 1.08 bits per heavy atom. The van der Waals surface area contributed by atoms with Crippen LogP contribution in [0.25, 0.3) is 0 Å². The summed E-state index contributed by atoms with van der Waals surface area (Å²) in [6, 6.07) is 11.4. The summed E-state index contributed by atoms with van der Waals surface area (Å²) in [4.78, 5) is 24.4. The second-order valence-corrected chi connectivity index (χ2v) is 6.22. The van der Waals surface area contributed by atoms with Gasteiger partial charge in [-0.15, -0.1) is 0 Å². The minimum absolute atomic E-state index is 0.193. The highest BCUT2D eigenvalue weighted by molar-refractivity contribution is 6.33. The van der Waals surface area contributed by atoms with Gasteiger partial charge in [-0.25, -0.2) is 4.79 Å². The number of ether oxygens (including phenoxy) is 2. The van der Waals surface area contributed by atoms with E-state index in [1.165, 1.54) is 12.1 Å². The second-order valence-electron chi connectivity index (χ2n) is 5.37. The summed E-state index contributed by atoms with van der Waals surface area (Å²) in [6.07, 6.45) is -0.231. The fourth-order valence-corrected chi connectivity index (χ4v) is 2.51. The van der Waals surface area contributed by atoms with Crippen molar-refractivity contribution in [3.05, 3.63) is 58.1 Å². The first kappa shape index (κ1) is 20.1. The van der Waals surface area contributed by atoms with Crippen LogP contribution in [0.2, 0.25) is 10.0 Å². The van der Waals surface area contributed by atoms with Crippen LogP contribution in [0.5, 0.6) is 5.75 Å². The third-order valence-corrected chi connectivity index (χ3v) is 4.07. The fourth-order valence-electron chi connectivity index (χ4n) is 2.19. The van der Waals surface area contributed by atoms with Crippen LogP contribution < -0.4 is 10.1 Å². The third kappa shape index (κ3) is 5.38. The van der Waals surface area contributed by atoms with Crippen LogP contribution >= 0.6 is 23.2 Å². The van der Waals surface area contributed by atoms with Crippen LogP contribution in [-0.4, -0.2) is 24.6 Å². The van der Waals surface area contributed by atoms with E-state index in [0.29, 0.717) is 22.9 Å². The smallest absolute Gasteiger partial charge is 0.339 e. The lowest BCUT2D eigenvalue weighted by molar-refractivity contribution is -0.122. The Labute approximate surface area is 162 Å². The molecule has 2 aromatic rings. The fraction of sp³-hybridized carbons (Fsp3) is 0.263. The molecule has 0 aromatic heterocycles. The molecule has 0 spiro atoms. The first-order chi connectivity index (χ1) is 12.4. The Bertz CT molecular complexity index is 778. The SMILES string of the molecule is CCOC(=O)c1cc(NC(=O)[C@H](CC)Oc2ccc(Cl)cc2)ccc1Cl. The molecule has 1 N–H and O–H groups in total. The summed E-state index contributed by atoms with van der Waals surface area (Å²) in [7, 11) is 0. The summed E-state index contributed by atoms with van der Waals surface area (Å²) < 4.78 is 10.7. The van der Waals surface area contributed by atoms with Gasteiger partial charge in [-0.1, -0.05) is 30.1 Å². The molecule has 0 aliphatic carbocycles. The topological polar surface area (TPSA) is 64.6 Å². The molecule has 0 saturated carbocycles. The van der Waals surface area contributed by atoms with Crippen molar-refractivity contribution in [1.29, 1.82) is 0 Å². The van der Waals surface area contributed by atoms with E-state index < -0.39 is 12.1 Å². The molecule has 0 fully saturated rings. The van der Waals surface area contributed by atoms with Gasteiger partial charge < -0.3 is 14.8 Å². The number of hydrogen-bond acceptors (Lipinski definition) is 4. The molecule has 7 heteroatoms. The Morgan fingerprint density at radius 2 is 1.77 bits per heavy atom. The first-order valence-electron chi connectivity index (χ1n) is 8.14. The number of nitrogens with one attached hydrogen (secondary N) is 1. The molecule has 138 valence electrons. The minimum Gasteiger partial charge on any atom is -0.481 e. The number of halogens is 2. The summed E-state index contributed by atoms with van der Waals surface area (Å²) in [5.74, 6) is -0.336. The highest BCUT2D eigenvalue weighted by Crippen LogP contribution is 2.23. The first-order valence-corrected chi connectivity index (χ1v) is 8.90. The van der Waals surface area contributed by atoms with E-state index >= 15 is 0 Å². The van der Waals surface area contributed by atoms with Gasteiger partial charge in [0.15, 0.2) is 6.10 Å². The number of anilines is 1. The van der Waals surface area contributed by atoms with E-state index in [2.05, 4.69) is 5.32 Å². The van der Waals surface area contributed by atoms with Gasteiger partial charge in [0.1, 0.15) is 5.75 Å². The van der Waals surface area contributed by atoms with Crippen LogP contribution in [0.15, 0.2) is 42.5 Å². The Morgan fingerprint density at radius 3 is 2.38 bits per heavy atom. The Kier molecular flexibility index (Phi) is 7.30. The number of hydrogen-bond donors (Lipinski definition) is 1. The lowest BCUT2D eigenvalue weighted by Gasteiger charge is -2.17. The lowest BCUT2D eigenvalue weighted by atomic mass is 10.2. The van der Waals surface area contributed by atoms with Gasteiger partial charge in [-0.3, -0.25) is 4.79 Å². The van der Waals surface area contributed by atoms with E-state index in [-0.39, 0.29) is 23.1 Å². The van der Waals surface area contributed by atoms with Crippen LogP contribution in [0.3, 0.4) is 0 Å². The van der Waals surface area contributed by atoms with Crippen molar-refractivity contribution < 1.29 is 19.1 Å². The monoisotopic (exact) mass is 395 g/mol. The highest BCUT2D eigenvalue weighted by Gasteiger charge is 2.20. The largest absolute Gasteiger partial charge is 0.481 e. The molecule has 2 aromatic carbocycles. The molecule has 1 atom stereocenters. The van der Waals surface area contributed by atoms with Crippen molar-refractivity contribution in [2.24, 2.45) is 0 Å². The molecule has 26 heavy (non-hydrogen) atoms. The van der Waals surface area contributed by atoms with Crippen LogP contribution in [-0.2, 0) is 9.53 Å². The van der Waals surface area contributed by atoms with Gasteiger partial charge in [0.05, 0.1) is 17.2 Å². The van der Waals surface area contributed by atoms with Crippen molar-refractivity contribution in [2.45, 2.75) is 26.4 Å². The second kappa shape index (κ2) is 9.46. The predicted molar refractivity (Wildman–Crippen MR) is 102 cm³/mol. The zero-order chi connectivity index (χ0) is 19.1. The zero-order valence-electron chi connectivity index (χ0n) is 14.4. The highest BCUT2D eigenvalue weighted by atomic mass is 35.5. The predicted octanol–water partition coefficient (Wildman–Crippen LogP) is 4.97. The Balaban J connectivity index is 2.10. The molecular weight excluding hydrogens is 377 g/mol. The molecule has 0 saturated heterocycles. The number of benzene rings is 2. The molecular formula is C19H19Cl2NO4. The van der Waals surface area contributed by atoms with E-state index in [0.717, 1.165) is 0 Å². The van der Waals surface area contributed by atoms with Gasteiger partial charge in [0.25, 0.3) is 5.91 Å². The molecule has 0 unspecified atom stereocenters. The van der Waals surface area contributed by atoms with Crippen LogP contribution in [0.4, 0.5) is 5.69 Å². The lowest BCUT2D eigenvalue weighted by Crippen LogP contribution is -2.32. The van der Waals surface area contributed by atoms with Gasteiger partial charge in [-0.2, -0.15) is 0 Å². The van der Waals surface area contributed by atoms with Crippen LogP contribution in [0.1, 0.15) is 30.6 Å². The number of carbonyl (C=O) groups is 2. The van der Waals surface area contributed by atoms with Crippen LogP contribution in [0, 0.1) is 0 Å². The van der Waals surface area contributed by atoms with Gasteiger partial charge in [0, 0.05) is 10.7 Å². The van der Waals surface area contributed by atoms with E-state index in [1.807, 2.05) is 6.92 Å². The van der Waals surface area contributed by atoms with Gasteiger partial charge >= 0.3 is 5.97 Å². The van der Waals surface area contributed by atoms with Crippen molar-refractivity contribution in [3.63, 3.8) is 0 Å². The van der Waals surface area contributed by atoms with Crippen molar-refractivity contribution in [3.8, 4) is 5.75 Å². The van der Waals surface area contributed by atoms with Gasteiger partial charge in [0.2, 0.25) is 0 Å². The average Bonchev–Trinajstić information content (AvgIpc) is 2.62. The number of carbonyl (C=O) groups excluding carboxylic acids is 2. The van der Waals surface area contributed by atoms with Crippen molar-refractivity contribution in [1.82, 2.24) is 0 Å². The minimum atomic E-state index is -0.696. The number of rotatable bonds is 7. The zero-order valence-corrected chi connectivity index (χ0v) is 15.9. The quantitative estimate of drug-likeness (QED) is 0.672. The Hall–Kier alpha value is -2.24. The molecule has 2 rings (SSSR count).